The van der Waals surface area contributed by atoms with Crippen LogP contribution in [0.3, 0.4) is 0 Å². The first-order chi connectivity index (χ1) is 9.22. The molecule has 1 N–H and O–H groups in total. The molecule has 1 aromatic carbocycles. The summed E-state index contributed by atoms with van der Waals surface area (Å²) in [5, 5.41) is 10.1. The molecule has 4 heteroatoms. The Morgan fingerprint density at radius 1 is 0.789 bits per heavy atom. The average molecular weight is 268 g/mol. The van der Waals surface area contributed by atoms with E-state index in [2.05, 4.69) is 0 Å². The smallest absolute Gasteiger partial charge is 0.201 e. The molecule has 4 nitrogen and oxygen atoms in total. The summed E-state index contributed by atoms with van der Waals surface area (Å²) >= 11 is 0. The highest BCUT2D eigenvalue weighted by Gasteiger charge is 2.13. The van der Waals surface area contributed by atoms with Crippen molar-refractivity contribution in [3.05, 3.63) is 12.1 Å². The van der Waals surface area contributed by atoms with Gasteiger partial charge in [-0.15, -0.1) is 0 Å². The Morgan fingerprint density at radius 3 is 1.63 bits per heavy atom. The molecular formula is C15H24O4. The number of hydrogen-bond donors (Lipinski definition) is 1. The maximum atomic E-state index is 10.1. The van der Waals surface area contributed by atoms with Crippen LogP contribution in [0.1, 0.15) is 40.0 Å². The third kappa shape index (κ3) is 4.89. The van der Waals surface area contributed by atoms with Crippen molar-refractivity contribution in [2.45, 2.75) is 40.0 Å². The number of aromatic hydroxyl groups is 1. The lowest BCUT2D eigenvalue weighted by molar-refractivity contribution is 0.264. The fourth-order valence-electron chi connectivity index (χ4n) is 1.51. The van der Waals surface area contributed by atoms with E-state index in [0.29, 0.717) is 37.1 Å². The summed E-state index contributed by atoms with van der Waals surface area (Å²) in [6.07, 6.45) is 2.69. The molecule has 0 saturated heterocycles. The number of phenolic OH excluding ortho intramolecular Hbond substituents is 1. The molecule has 0 aliphatic carbocycles. The van der Waals surface area contributed by atoms with Crippen LogP contribution in [0.25, 0.3) is 0 Å². The minimum absolute atomic E-state index is 0.0470. The van der Waals surface area contributed by atoms with E-state index in [0.717, 1.165) is 19.3 Å². The number of rotatable bonds is 9. The predicted octanol–water partition coefficient (Wildman–Crippen LogP) is 3.76. The van der Waals surface area contributed by atoms with E-state index >= 15 is 0 Å². The van der Waals surface area contributed by atoms with E-state index in [1.165, 1.54) is 0 Å². The van der Waals surface area contributed by atoms with Crippen LogP contribution < -0.4 is 14.2 Å². The zero-order chi connectivity index (χ0) is 14.1. The fraction of sp³-hybridized carbons (Fsp3) is 0.600. The average Bonchev–Trinajstić information content (AvgIpc) is 2.43. The van der Waals surface area contributed by atoms with E-state index in [9.17, 15) is 5.11 Å². The molecule has 0 saturated carbocycles. The van der Waals surface area contributed by atoms with E-state index < -0.39 is 0 Å². The largest absolute Gasteiger partial charge is 0.502 e. The van der Waals surface area contributed by atoms with Gasteiger partial charge in [0.2, 0.25) is 5.75 Å². The quantitative estimate of drug-likeness (QED) is 0.740. The third-order valence-corrected chi connectivity index (χ3v) is 2.41. The Balaban J connectivity index is 2.92. The second kappa shape index (κ2) is 8.51. The highest BCUT2D eigenvalue weighted by atomic mass is 16.5. The summed E-state index contributed by atoms with van der Waals surface area (Å²) in [6, 6.07) is 3.42. The van der Waals surface area contributed by atoms with Gasteiger partial charge in [-0.1, -0.05) is 20.8 Å². The molecule has 0 amide bonds. The molecular weight excluding hydrogens is 244 g/mol. The Labute approximate surface area is 115 Å². The van der Waals surface area contributed by atoms with Crippen molar-refractivity contribution in [3.8, 4) is 23.0 Å². The van der Waals surface area contributed by atoms with Crippen LogP contribution in [-0.2, 0) is 0 Å². The first-order valence-corrected chi connectivity index (χ1v) is 6.98. The molecule has 0 unspecified atom stereocenters. The third-order valence-electron chi connectivity index (χ3n) is 2.41. The van der Waals surface area contributed by atoms with E-state index in [4.69, 9.17) is 14.2 Å². The minimum atomic E-state index is 0.0470. The normalized spacial score (nSPS) is 10.3. The van der Waals surface area contributed by atoms with Crippen LogP contribution in [0.4, 0.5) is 0 Å². The maximum Gasteiger partial charge on any atom is 0.201 e. The highest BCUT2D eigenvalue weighted by Crippen LogP contribution is 2.40. The van der Waals surface area contributed by atoms with Crippen LogP contribution >= 0.6 is 0 Å². The molecule has 1 rings (SSSR count). The Hall–Kier alpha value is -1.58. The standard InChI is InChI=1S/C15H24O4/c1-4-7-17-12-10-13(18-8-5-2)15(16)14(11-12)19-9-6-3/h10-11,16H,4-9H2,1-3H3. The molecule has 0 aliphatic heterocycles. The lowest BCUT2D eigenvalue weighted by atomic mass is 10.2. The van der Waals surface area contributed by atoms with Gasteiger partial charge in [-0.05, 0) is 19.3 Å². The molecule has 1 aromatic rings. The number of ether oxygens (including phenoxy) is 3. The Bertz CT molecular complexity index is 347. The first-order valence-electron chi connectivity index (χ1n) is 6.98. The lowest BCUT2D eigenvalue weighted by Crippen LogP contribution is -2.01. The van der Waals surface area contributed by atoms with E-state index in [1.54, 1.807) is 12.1 Å². The predicted molar refractivity (Wildman–Crippen MR) is 75.5 cm³/mol. The molecule has 0 heterocycles. The highest BCUT2D eigenvalue weighted by molar-refractivity contribution is 5.55. The van der Waals surface area contributed by atoms with E-state index in [-0.39, 0.29) is 5.75 Å². The molecule has 0 aromatic heterocycles. The van der Waals surface area contributed by atoms with Gasteiger partial charge in [0.25, 0.3) is 0 Å². The summed E-state index contributed by atoms with van der Waals surface area (Å²) < 4.78 is 16.6. The monoisotopic (exact) mass is 268 g/mol. The Kier molecular flexibility index (Phi) is 6.93. The SMILES string of the molecule is CCCOc1cc(OCCC)c(O)c(OCCC)c1. The minimum Gasteiger partial charge on any atom is -0.502 e. The van der Waals surface area contributed by atoms with Crippen molar-refractivity contribution in [1.29, 1.82) is 0 Å². The van der Waals surface area contributed by atoms with Gasteiger partial charge < -0.3 is 19.3 Å². The molecule has 108 valence electrons. The van der Waals surface area contributed by atoms with Crippen LogP contribution in [-0.4, -0.2) is 24.9 Å². The molecule has 0 spiro atoms. The number of phenols is 1. The maximum absolute atomic E-state index is 10.1. The lowest BCUT2D eigenvalue weighted by Gasteiger charge is -2.14. The van der Waals surface area contributed by atoms with Crippen LogP contribution in [0.5, 0.6) is 23.0 Å². The van der Waals surface area contributed by atoms with Crippen LogP contribution in [0.2, 0.25) is 0 Å². The topological polar surface area (TPSA) is 47.9 Å². The number of hydrogen-bond acceptors (Lipinski definition) is 4. The fourth-order valence-corrected chi connectivity index (χ4v) is 1.51. The van der Waals surface area contributed by atoms with Crippen molar-refractivity contribution < 1.29 is 19.3 Å². The summed E-state index contributed by atoms with van der Waals surface area (Å²) in [4.78, 5) is 0. The van der Waals surface area contributed by atoms with Crippen LogP contribution in [0, 0.1) is 0 Å². The zero-order valence-electron chi connectivity index (χ0n) is 12.1. The van der Waals surface area contributed by atoms with Crippen LogP contribution in [0.15, 0.2) is 12.1 Å². The summed E-state index contributed by atoms with van der Waals surface area (Å²) in [7, 11) is 0. The van der Waals surface area contributed by atoms with Gasteiger partial charge in [0.1, 0.15) is 5.75 Å². The van der Waals surface area contributed by atoms with Crippen molar-refractivity contribution in [1.82, 2.24) is 0 Å². The molecule has 0 atom stereocenters. The summed E-state index contributed by atoms with van der Waals surface area (Å²) in [6.45, 7) is 7.82. The summed E-state index contributed by atoms with van der Waals surface area (Å²) in [5.41, 5.74) is 0. The van der Waals surface area contributed by atoms with Gasteiger partial charge in [0.15, 0.2) is 11.5 Å². The number of benzene rings is 1. The second-order valence-corrected chi connectivity index (χ2v) is 4.31. The van der Waals surface area contributed by atoms with Crippen molar-refractivity contribution in [3.63, 3.8) is 0 Å². The van der Waals surface area contributed by atoms with Crippen molar-refractivity contribution >= 4 is 0 Å². The van der Waals surface area contributed by atoms with Gasteiger partial charge in [-0.3, -0.25) is 0 Å². The van der Waals surface area contributed by atoms with Gasteiger partial charge in [-0.25, -0.2) is 0 Å². The van der Waals surface area contributed by atoms with Gasteiger partial charge in [-0.2, -0.15) is 0 Å². The van der Waals surface area contributed by atoms with Crippen molar-refractivity contribution in [2.75, 3.05) is 19.8 Å². The Morgan fingerprint density at radius 2 is 1.21 bits per heavy atom. The van der Waals surface area contributed by atoms with E-state index in [1.807, 2.05) is 20.8 Å². The van der Waals surface area contributed by atoms with Crippen molar-refractivity contribution in [2.24, 2.45) is 0 Å². The van der Waals surface area contributed by atoms with Gasteiger partial charge in [0.05, 0.1) is 19.8 Å². The molecule has 0 aliphatic rings. The zero-order valence-corrected chi connectivity index (χ0v) is 12.1. The first kappa shape index (κ1) is 15.5. The molecule has 19 heavy (non-hydrogen) atoms. The second-order valence-electron chi connectivity index (χ2n) is 4.31. The van der Waals surface area contributed by atoms with Gasteiger partial charge >= 0.3 is 0 Å². The molecule has 0 bridgehead atoms. The molecule has 0 radical (unpaired) electrons. The molecule has 0 fully saturated rings. The van der Waals surface area contributed by atoms with Gasteiger partial charge in [0, 0.05) is 12.1 Å². The summed E-state index contributed by atoms with van der Waals surface area (Å²) in [5.74, 6) is 1.55.